The molecular weight excluding hydrogens is 396 g/mol. The molecular formula is C19H26N4O5S. The second kappa shape index (κ2) is 7.83. The summed E-state index contributed by atoms with van der Waals surface area (Å²) >= 11 is 4.54. The van der Waals surface area contributed by atoms with Gasteiger partial charge in [0.2, 0.25) is 5.91 Å². The van der Waals surface area contributed by atoms with E-state index in [0.717, 1.165) is 12.8 Å². The van der Waals surface area contributed by atoms with Crippen LogP contribution in [0.5, 0.6) is 0 Å². The average Bonchev–Trinajstić information content (AvgIpc) is 3.28. The summed E-state index contributed by atoms with van der Waals surface area (Å²) in [6.45, 7) is 4.82. The summed E-state index contributed by atoms with van der Waals surface area (Å²) in [4.78, 5) is 39.6. The molecule has 3 rings (SSSR count). The minimum Gasteiger partial charge on any atom is -0.445 e. The Balaban J connectivity index is 1.76. The Morgan fingerprint density at radius 2 is 1.86 bits per heavy atom. The van der Waals surface area contributed by atoms with E-state index in [1.165, 1.54) is 29.2 Å². The molecule has 2 amide bonds. The first-order valence-corrected chi connectivity index (χ1v) is 10.0. The molecule has 10 heteroatoms. The number of carbonyl (C=O) groups excluding carboxylic acids is 2. The second-order valence-electron chi connectivity index (χ2n) is 7.96. The van der Waals surface area contributed by atoms with E-state index < -0.39 is 27.3 Å². The van der Waals surface area contributed by atoms with Gasteiger partial charge >= 0.3 is 6.09 Å². The lowest BCUT2D eigenvalue weighted by Gasteiger charge is -2.43. The number of nitrogens with two attached hydrogens (primary N) is 1. The van der Waals surface area contributed by atoms with E-state index in [4.69, 9.17) is 10.5 Å². The smallest absolute Gasteiger partial charge is 0.411 e. The minimum absolute atomic E-state index is 0.0415. The number of rotatable bonds is 4. The minimum atomic E-state index is -1.28. The number of non-ortho nitro benzene ring substituents is 1. The van der Waals surface area contributed by atoms with E-state index in [9.17, 15) is 19.7 Å². The SMILES string of the molecule is C[C@]1(N)[C@@H](S)CN(C(=O)OCc2ccc([N+](=O)[O-])cc2)[C@]1(C)C(=O)N1CCCC1. The van der Waals surface area contributed by atoms with Gasteiger partial charge in [0, 0.05) is 37.0 Å². The third kappa shape index (κ3) is 3.66. The lowest BCUT2D eigenvalue weighted by molar-refractivity contribution is -0.384. The maximum Gasteiger partial charge on any atom is 0.411 e. The van der Waals surface area contributed by atoms with Crippen LogP contribution in [0.2, 0.25) is 0 Å². The third-order valence-corrected chi connectivity index (χ3v) is 6.88. The van der Waals surface area contributed by atoms with Crippen molar-refractivity contribution < 1.29 is 19.2 Å². The van der Waals surface area contributed by atoms with Gasteiger partial charge in [-0.05, 0) is 44.4 Å². The van der Waals surface area contributed by atoms with Crippen LogP contribution in [0.25, 0.3) is 0 Å². The summed E-state index contributed by atoms with van der Waals surface area (Å²) in [5.74, 6) is -0.191. The van der Waals surface area contributed by atoms with E-state index in [1.807, 2.05) is 0 Å². The molecule has 0 aliphatic carbocycles. The molecule has 158 valence electrons. The highest BCUT2D eigenvalue weighted by atomic mass is 32.1. The molecule has 2 aliphatic rings. The zero-order valence-corrected chi connectivity index (χ0v) is 17.4. The Morgan fingerprint density at radius 3 is 2.41 bits per heavy atom. The molecule has 0 bridgehead atoms. The predicted octanol–water partition coefficient (Wildman–Crippen LogP) is 1.94. The summed E-state index contributed by atoms with van der Waals surface area (Å²) in [6.07, 6.45) is 1.20. The Morgan fingerprint density at radius 1 is 1.28 bits per heavy atom. The van der Waals surface area contributed by atoms with Crippen molar-refractivity contribution >= 4 is 30.3 Å². The molecule has 2 fully saturated rings. The first kappa shape index (κ1) is 21.4. The number of benzene rings is 1. The van der Waals surface area contributed by atoms with Crippen molar-refractivity contribution in [3.05, 3.63) is 39.9 Å². The number of thiol groups is 1. The van der Waals surface area contributed by atoms with E-state index in [1.54, 1.807) is 18.7 Å². The molecule has 1 aromatic carbocycles. The first-order chi connectivity index (χ1) is 13.6. The van der Waals surface area contributed by atoms with Crippen LogP contribution >= 0.6 is 12.6 Å². The summed E-state index contributed by atoms with van der Waals surface area (Å²) in [5.41, 5.74) is 4.75. The van der Waals surface area contributed by atoms with Crippen molar-refractivity contribution in [3.8, 4) is 0 Å². The van der Waals surface area contributed by atoms with Crippen molar-refractivity contribution in [2.75, 3.05) is 19.6 Å². The number of carbonyl (C=O) groups is 2. The summed E-state index contributed by atoms with van der Waals surface area (Å²) in [7, 11) is 0. The molecule has 2 N–H and O–H groups in total. The van der Waals surface area contributed by atoms with Crippen LogP contribution in [-0.4, -0.2) is 62.7 Å². The maximum absolute atomic E-state index is 13.3. The number of nitro groups is 1. The highest BCUT2D eigenvalue weighted by molar-refractivity contribution is 7.81. The molecule has 29 heavy (non-hydrogen) atoms. The summed E-state index contributed by atoms with van der Waals surface area (Å²) < 4.78 is 5.42. The zero-order chi connectivity index (χ0) is 21.4. The maximum atomic E-state index is 13.3. The highest BCUT2D eigenvalue weighted by Gasteiger charge is 2.63. The Labute approximate surface area is 174 Å². The monoisotopic (exact) mass is 422 g/mol. The van der Waals surface area contributed by atoms with Crippen LogP contribution in [0.15, 0.2) is 24.3 Å². The van der Waals surface area contributed by atoms with Crippen molar-refractivity contribution in [2.24, 2.45) is 5.73 Å². The van der Waals surface area contributed by atoms with Crippen molar-refractivity contribution in [2.45, 2.75) is 49.6 Å². The van der Waals surface area contributed by atoms with Gasteiger partial charge in [-0.15, -0.1) is 0 Å². The number of ether oxygens (including phenoxy) is 1. The van der Waals surface area contributed by atoms with Crippen LogP contribution in [0.3, 0.4) is 0 Å². The molecule has 1 aromatic rings. The molecule has 0 unspecified atom stereocenters. The van der Waals surface area contributed by atoms with Crippen LogP contribution in [0.1, 0.15) is 32.3 Å². The van der Waals surface area contributed by atoms with Crippen LogP contribution in [0.4, 0.5) is 10.5 Å². The van der Waals surface area contributed by atoms with Gasteiger partial charge in [0.1, 0.15) is 12.1 Å². The number of nitrogens with zero attached hydrogens (tertiary/aromatic N) is 3. The molecule has 3 atom stereocenters. The molecule has 0 aromatic heterocycles. The van der Waals surface area contributed by atoms with E-state index >= 15 is 0 Å². The lowest BCUT2D eigenvalue weighted by Crippen LogP contribution is -2.69. The molecule has 2 heterocycles. The number of amides is 2. The van der Waals surface area contributed by atoms with Crippen LogP contribution < -0.4 is 5.73 Å². The highest BCUT2D eigenvalue weighted by Crippen LogP contribution is 2.41. The standard InChI is InChI=1S/C19H26N4O5S/c1-18(20)15(29)11-22(19(18,2)16(24)21-9-3-4-10-21)17(25)28-12-13-5-7-14(8-6-13)23(26)27/h5-8,15,29H,3-4,9-12,20H2,1-2H3/t15-,18-,19+/m0/s1. The van der Waals surface area contributed by atoms with Crippen LogP contribution in [0, 0.1) is 10.1 Å². The number of hydrogen-bond donors (Lipinski definition) is 2. The second-order valence-corrected chi connectivity index (χ2v) is 8.58. The fraction of sp³-hybridized carbons (Fsp3) is 0.579. The normalized spacial score (nSPS) is 29.2. The topological polar surface area (TPSA) is 119 Å². The van der Waals surface area contributed by atoms with Crippen molar-refractivity contribution in [3.63, 3.8) is 0 Å². The lowest BCUT2D eigenvalue weighted by atomic mass is 9.79. The molecule has 2 saturated heterocycles. The average molecular weight is 423 g/mol. The quantitative estimate of drug-likeness (QED) is 0.435. The van der Waals surface area contributed by atoms with Gasteiger partial charge in [-0.25, -0.2) is 4.79 Å². The van der Waals surface area contributed by atoms with Gasteiger partial charge in [0.15, 0.2) is 0 Å². The molecule has 9 nitrogen and oxygen atoms in total. The van der Waals surface area contributed by atoms with Gasteiger partial charge in [-0.2, -0.15) is 12.6 Å². The first-order valence-electron chi connectivity index (χ1n) is 9.53. The molecule has 0 saturated carbocycles. The third-order valence-electron chi connectivity index (χ3n) is 6.18. The fourth-order valence-electron chi connectivity index (χ4n) is 3.93. The summed E-state index contributed by atoms with van der Waals surface area (Å²) in [6, 6.07) is 5.75. The molecule has 0 radical (unpaired) electrons. The Hall–Kier alpha value is -2.33. The van der Waals surface area contributed by atoms with Gasteiger partial charge in [-0.3, -0.25) is 19.8 Å². The number of likely N-dealkylation sites (tertiary alicyclic amines) is 2. The van der Waals surface area contributed by atoms with Gasteiger partial charge in [-0.1, -0.05) is 0 Å². The number of hydrogen-bond acceptors (Lipinski definition) is 7. The van der Waals surface area contributed by atoms with Crippen molar-refractivity contribution in [1.82, 2.24) is 9.80 Å². The van der Waals surface area contributed by atoms with Gasteiger partial charge in [0.05, 0.1) is 10.5 Å². The molecule has 2 aliphatic heterocycles. The van der Waals surface area contributed by atoms with Gasteiger partial charge < -0.3 is 15.4 Å². The van der Waals surface area contributed by atoms with E-state index in [-0.39, 0.29) is 24.7 Å². The van der Waals surface area contributed by atoms with Gasteiger partial charge in [0.25, 0.3) is 5.69 Å². The summed E-state index contributed by atoms with van der Waals surface area (Å²) in [5, 5.41) is 10.3. The largest absolute Gasteiger partial charge is 0.445 e. The Bertz CT molecular complexity index is 809. The van der Waals surface area contributed by atoms with E-state index in [2.05, 4.69) is 12.6 Å². The zero-order valence-electron chi connectivity index (χ0n) is 16.5. The number of nitro benzene ring substituents is 1. The Kier molecular flexibility index (Phi) is 5.77. The fourth-order valence-corrected chi connectivity index (χ4v) is 4.34. The van der Waals surface area contributed by atoms with Crippen molar-refractivity contribution in [1.29, 1.82) is 0 Å². The van der Waals surface area contributed by atoms with E-state index in [0.29, 0.717) is 18.7 Å². The predicted molar refractivity (Wildman–Crippen MR) is 110 cm³/mol. The van der Waals surface area contributed by atoms with Crippen LogP contribution in [-0.2, 0) is 16.1 Å². The molecule has 0 spiro atoms.